The van der Waals surface area contributed by atoms with Gasteiger partial charge in [0, 0.05) is 117 Å². The van der Waals surface area contributed by atoms with E-state index in [9.17, 15) is 131 Å². The molecule has 20 atom stereocenters. The fourth-order valence-corrected chi connectivity index (χ4v) is 21.7. The summed E-state index contributed by atoms with van der Waals surface area (Å²) in [7, 11) is 0. The van der Waals surface area contributed by atoms with Crippen LogP contribution < -0.4 is 47.9 Å². The monoisotopic (exact) mass is 1910 g/mol. The second-order valence-electron chi connectivity index (χ2n) is 36.8. The first kappa shape index (κ1) is 100. The first-order valence-corrected chi connectivity index (χ1v) is 47.8. The predicted octanol–water partition coefficient (Wildman–Crippen LogP) is -12.4. The minimum Gasteiger partial charge on any atom is -0.480 e. The van der Waals surface area contributed by atoms with Gasteiger partial charge in [0.05, 0.1) is 81.9 Å². The Morgan fingerprint density at radius 2 is 0.537 bits per heavy atom. The van der Waals surface area contributed by atoms with Crippen LogP contribution in [-0.4, -0.2) is 483 Å². The zero-order valence-electron chi connectivity index (χ0n) is 74.7. The minimum absolute atomic E-state index is 0.0268. The van der Waals surface area contributed by atoms with E-state index in [4.69, 9.17) is 5.11 Å². The van der Waals surface area contributed by atoms with E-state index in [0.29, 0.717) is 63.7 Å². The maximum atomic E-state index is 14.5. The number of aliphatic carboxylic acids is 1. The number of aliphatic hydroxyl groups is 6. The van der Waals surface area contributed by atoms with Gasteiger partial charge in [-0.1, -0.05) is 0 Å². The highest BCUT2D eigenvalue weighted by atomic mass is 32.2. The lowest BCUT2D eigenvalue weighted by atomic mass is 10.1. The molecule has 0 aromatic carbocycles. The van der Waals surface area contributed by atoms with E-state index >= 15 is 0 Å². The topological polar surface area (TPSA) is 647 Å². The van der Waals surface area contributed by atoms with E-state index in [1.54, 1.807) is 6.26 Å². The third-order valence-electron chi connectivity index (χ3n) is 27.8. The SMILES string of the molecule is CSCC[C@H](NC(=O)CNC(=O)[C@@H]1CCCN1C(=O)[C@@H]1C[C@@H](O)CN1C(=O)CNC(=O)[C@@H]1CCCN1C(=O)[C@@H]1C[C@@H](O)CN1C(=O)CNC(=O)[C@@H]1CCCN1C(=O)[C@@H]1C[C@@H](O)CN1C(=O)CNC(=O)[C@@H]1CCCN1C(=O)[C@@H]1C[C@@H](O)CN1C(=O)CNC(=O)[C@@H]1CCCN1C(=O)[C@@H]1C[C@@H](O)CN1)C(=O)N1CCC[C@H]1C(=O)NCC(=O)N1C[C@H](O)C[C@H]1C(=O)N1CCC[C@H]1C(=O)NCC(=O)O. The van der Waals surface area contributed by atoms with Crippen LogP contribution in [-0.2, 0) is 101 Å². The number of rotatable bonds is 32. The maximum Gasteiger partial charge on any atom is 0.322 e. The second kappa shape index (κ2) is 44.6. The van der Waals surface area contributed by atoms with E-state index < -0.39 is 285 Å². The molecule has 0 bridgehead atoms. The number of nitrogens with zero attached hydrogens (tertiary/aromatic N) is 12. The van der Waals surface area contributed by atoms with Crippen molar-refractivity contribution in [2.75, 3.05) is 143 Å². The standard InChI is InChI=1S/C84H123N21O28S/c1-134-24-16-50(78(127)94-17-2-9-52(94)72(121)87-33-65(113)105-43-49(111)30-63(105)84(133)100-23-8-15-58(100)77(126)92-38-70(118)119)93-64(112)32-86-71(120)54-11-4-19-96(54)80(129)59-26-45(107)39-101(59)67(115)35-89-74(123)56-13-6-21-98(56)82(131)61-28-47(109)41-103(61)69(117)37-91-76(125)57-14-7-22-99(57)83(132)62-29-48(110)42-104(62)68(116)36-90-75(124)55-12-5-20-97(55)81(130)60-27-46(108)40-102(60)66(114)34-88-73(122)53-10-3-18-95(53)79(128)51-25-44(106)31-85-51/h44-63,85,106-111H,2-43H2,1H3,(H,86,120)(H,87,121)(H,88,122)(H,89,123)(H,90,124)(H,91,125)(H,92,126)(H,93,112)(H,118,119)/t44-,45-,46-,47-,48-,49-,50+,51+,52+,53+,54+,55+,56+,57+,58+,59+,60+,61+,62+,63+/m1/s1. The largest absolute Gasteiger partial charge is 0.480 e. The number of carbonyl (C=O) groups excluding carboxylic acids is 20. The lowest BCUT2D eigenvalue weighted by Crippen LogP contribution is -2.57. The van der Waals surface area contributed by atoms with Crippen LogP contribution in [0.1, 0.15) is 135 Å². The van der Waals surface area contributed by atoms with Crippen molar-refractivity contribution in [3.8, 4) is 0 Å². The molecule has 13 aliphatic rings. The minimum atomic E-state index is -1.32. The molecule has 0 radical (unpaired) electrons. The number of carboxylic acids is 1. The first-order chi connectivity index (χ1) is 64.0. The number of thioether (sulfide) groups is 1. The van der Waals surface area contributed by atoms with E-state index in [-0.39, 0.29) is 168 Å². The molecule has 134 heavy (non-hydrogen) atoms. The molecule has 13 saturated heterocycles. The van der Waals surface area contributed by atoms with Crippen LogP contribution in [0.2, 0.25) is 0 Å². The highest BCUT2D eigenvalue weighted by molar-refractivity contribution is 7.98. The molecule has 738 valence electrons. The quantitative estimate of drug-likeness (QED) is 0.0297. The summed E-state index contributed by atoms with van der Waals surface area (Å²) >= 11 is 1.37. The fraction of sp³-hybridized carbons (Fsp3) is 0.750. The Bertz CT molecular complexity index is 4540. The highest BCUT2D eigenvalue weighted by Gasteiger charge is 2.53. The Kier molecular flexibility index (Phi) is 33.4. The molecular formula is C84H123N21O28S. The molecule has 20 amide bonds. The third-order valence-corrected chi connectivity index (χ3v) is 28.5. The van der Waals surface area contributed by atoms with E-state index in [1.807, 2.05) is 0 Å². The Hall–Kier alpha value is -11.1. The van der Waals surface area contributed by atoms with Crippen molar-refractivity contribution in [1.29, 1.82) is 0 Å². The lowest BCUT2D eigenvalue weighted by molar-refractivity contribution is -0.148. The normalized spacial score (nSPS) is 29.7. The average Bonchev–Trinajstić information content (AvgIpc) is 1.67. The summed E-state index contributed by atoms with van der Waals surface area (Å²) in [5, 5.41) is 96.2. The van der Waals surface area contributed by atoms with Crippen molar-refractivity contribution < 1.29 is 136 Å². The van der Waals surface area contributed by atoms with Crippen molar-refractivity contribution in [2.45, 2.75) is 256 Å². The van der Waals surface area contributed by atoms with Crippen LogP contribution >= 0.6 is 11.8 Å². The molecular weight excluding hydrogens is 1780 g/mol. The van der Waals surface area contributed by atoms with E-state index in [0.717, 1.165) is 24.5 Å². The summed E-state index contributed by atoms with van der Waals surface area (Å²) < 4.78 is 0. The smallest absolute Gasteiger partial charge is 0.322 e. The molecule has 13 aliphatic heterocycles. The summed E-state index contributed by atoms with van der Waals surface area (Å²) in [6.45, 7) is -5.11. The number of likely N-dealkylation sites (tertiary alicyclic amines) is 12. The number of β-amino-alcohol motifs (C(OH)–C–C–N with tert-alkyl or cyclic N) is 6. The van der Waals surface area contributed by atoms with Gasteiger partial charge in [0.2, 0.25) is 118 Å². The fourth-order valence-electron chi connectivity index (χ4n) is 21.2. The average molecular weight is 1910 g/mol. The van der Waals surface area contributed by atoms with Crippen LogP contribution in [0.3, 0.4) is 0 Å². The molecule has 49 nitrogen and oxygen atoms in total. The van der Waals surface area contributed by atoms with Crippen LogP contribution in [0.5, 0.6) is 0 Å². The van der Waals surface area contributed by atoms with Crippen molar-refractivity contribution in [3.05, 3.63) is 0 Å². The van der Waals surface area contributed by atoms with Crippen LogP contribution in [0.15, 0.2) is 0 Å². The maximum absolute atomic E-state index is 14.5. The number of carboxylic acid groups (broad SMARTS) is 1. The van der Waals surface area contributed by atoms with Crippen molar-refractivity contribution >= 4 is 136 Å². The molecule has 13 rings (SSSR count). The molecule has 0 spiro atoms. The first-order valence-electron chi connectivity index (χ1n) is 46.4. The molecule has 0 aromatic heterocycles. The Morgan fingerprint density at radius 3 is 0.784 bits per heavy atom. The van der Waals surface area contributed by atoms with Crippen LogP contribution in [0.4, 0.5) is 0 Å². The summed E-state index contributed by atoms with van der Waals surface area (Å²) in [4.78, 5) is 304. The van der Waals surface area contributed by atoms with Gasteiger partial charge < -0.3 is 142 Å². The number of amides is 20. The van der Waals surface area contributed by atoms with Gasteiger partial charge in [0.25, 0.3) is 0 Å². The Balaban J connectivity index is 0.534. The van der Waals surface area contributed by atoms with Gasteiger partial charge >= 0.3 is 5.97 Å². The van der Waals surface area contributed by atoms with E-state index in [2.05, 4.69) is 47.9 Å². The molecule has 0 aromatic rings. The summed E-state index contributed by atoms with van der Waals surface area (Å²) in [6.07, 6.45) is -1.56. The molecule has 13 heterocycles. The third kappa shape index (κ3) is 23.0. The van der Waals surface area contributed by atoms with Crippen molar-refractivity contribution in [2.24, 2.45) is 0 Å². The van der Waals surface area contributed by atoms with Gasteiger partial charge in [-0.2, -0.15) is 11.8 Å². The molecule has 0 saturated carbocycles. The summed E-state index contributed by atoms with van der Waals surface area (Å²) in [5.74, 6) is -14.9. The Labute approximate surface area is 774 Å². The van der Waals surface area contributed by atoms with Crippen molar-refractivity contribution in [3.63, 3.8) is 0 Å². The van der Waals surface area contributed by atoms with Gasteiger partial charge in [-0.15, -0.1) is 0 Å². The van der Waals surface area contributed by atoms with Gasteiger partial charge in [0.15, 0.2) is 0 Å². The Morgan fingerprint density at radius 1 is 0.299 bits per heavy atom. The number of hydrogen-bond acceptors (Lipinski definition) is 29. The lowest BCUT2D eigenvalue weighted by Gasteiger charge is -2.32. The van der Waals surface area contributed by atoms with Gasteiger partial charge in [0.1, 0.15) is 85.1 Å². The number of nitrogens with one attached hydrogen (secondary N) is 9. The number of aliphatic hydroxyl groups excluding tert-OH is 6. The van der Waals surface area contributed by atoms with Crippen LogP contribution in [0.25, 0.3) is 0 Å². The zero-order chi connectivity index (χ0) is 96.4. The number of hydrogen-bond donors (Lipinski definition) is 16. The van der Waals surface area contributed by atoms with Gasteiger partial charge in [-0.25, -0.2) is 0 Å². The highest BCUT2D eigenvalue weighted by Crippen LogP contribution is 2.34. The number of carbonyl (C=O) groups is 21. The zero-order valence-corrected chi connectivity index (χ0v) is 75.5. The predicted molar refractivity (Wildman–Crippen MR) is 460 cm³/mol. The van der Waals surface area contributed by atoms with Gasteiger partial charge in [-0.05, 0) is 115 Å². The van der Waals surface area contributed by atoms with Crippen molar-refractivity contribution in [1.82, 2.24) is 107 Å². The molecule has 0 unspecified atom stereocenters. The van der Waals surface area contributed by atoms with Crippen LogP contribution in [0, 0.1) is 0 Å². The summed E-state index contributed by atoms with van der Waals surface area (Å²) in [5.41, 5.74) is 0. The van der Waals surface area contributed by atoms with E-state index in [1.165, 1.54) is 46.1 Å². The summed E-state index contributed by atoms with van der Waals surface area (Å²) in [6, 6.07) is -15.7. The molecule has 16 N–H and O–H groups in total. The molecule has 50 heteroatoms. The molecule has 13 fully saturated rings. The second-order valence-corrected chi connectivity index (χ2v) is 37.7. The van der Waals surface area contributed by atoms with Gasteiger partial charge in [-0.3, -0.25) is 101 Å². The molecule has 0 aliphatic carbocycles.